The monoisotopic (exact) mass is 223 g/mol. The van der Waals surface area contributed by atoms with Gasteiger partial charge >= 0.3 is 10.4 Å². The quantitative estimate of drug-likeness (QED) is 0.501. The van der Waals surface area contributed by atoms with Crippen LogP contribution >= 0.6 is 0 Å². The first-order chi connectivity index (χ1) is 6.16. The fourth-order valence-corrected chi connectivity index (χ4v) is 1.09. The average molecular weight is 223 g/mol. The highest BCUT2D eigenvalue weighted by atomic mass is 32.3. The zero-order valence-electron chi connectivity index (χ0n) is 7.98. The molecule has 6 nitrogen and oxygen atoms in total. The Kier molecular flexibility index (Phi) is 4.24. The molecule has 0 rings (SSSR count). The highest BCUT2D eigenvalue weighted by Gasteiger charge is 2.22. The highest BCUT2D eigenvalue weighted by molar-refractivity contribution is 7.80. The van der Waals surface area contributed by atoms with Crippen molar-refractivity contribution in [2.24, 2.45) is 0 Å². The molecule has 0 unspecified atom stereocenters. The summed E-state index contributed by atoms with van der Waals surface area (Å²) in [5.74, 6) is -0.450. The second kappa shape index (κ2) is 4.54. The van der Waals surface area contributed by atoms with E-state index in [1.807, 2.05) is 0 Å². The van der Waals surface area contributed by atoms with Crippen LogP contribution in [0.1, 0.15) is 13.8 Å². The molecule has 0 saturated heterocycles. The normalized spacial score (nSPS) is 12.2. The third-order valence-electron chi connectivity index (χ3n) is 1.22. The largest absolute Gasteiger partial charge is 0.397 e. The average Bonchev–Trinajstić information content (AvgIpc) is 1.99. The minimum atomic E-state index is -4.48. The van der Waals surface area contributed by atoms with E-state index in [1.54, 1.807) is 13.8 Å². The number of hydrogen-bond donors (Lipinski definition) is 2. The van der Waals surface area contributed by atoms with Gasteiger partial charge in [-0.2, -0.15) is 8.42 Å². The molecule has 0 aromatic rings. The molecule has 0 heterocycles. The van der Waals surface area contributed by atoms with Crippen LogP contribution in [0.2, 0.25) is 0 Å². The number of rotatable bonds is 5. The van der Waals surface area contributed by atoms with Crippen LogP contribution in [0.25, 0.3) is 0 Å². The van der Waals surface area contributed by atoms with Crippen molar-refractivity contribution in [3.8, 4) is 0 Å². The second-order valence-corrected chi connectivity index (χ2v) is 4.36. The molecule has 0 saturated carbocycles. The molecule has 0 bridgehead atoms. The molecule has 0 aliphatic rings. The van der Waals surface area contributed by atoms with Crippen LogP contribution in [0, 0.1) is 0 Å². The van der Waals surface area contributed by atoms with Gasteiger partial charge in [0.05, 0.1) is 12.1 Å². The summed E-state index contributed by atoms with van der Waals surface area (Å²) in [6.07, 6.45) is 1.05. The molecular weight excluding hydrogens is 210 g/mol. The van der Waals surface area contributed by atoms with Crippen LogP contribution in [0.15, 0.2) is 12.7 Å². The van der Waals surface area contributed by atoms with Crippen LogP contribution < -0.4 is 5.32 Å². The summed E-state index contributed by atoms with van der Waals surface area (Å²) in [7, 11) is -4.48. The van der Waals surface area contributed by atoms with E-state index in [4.69, 9.17) is 4.55 Å². The van der Waals surface area contributed by atoms with Crippen LogP contribution in [0.3, 0.4) is 0 Å². The standard InChI is InChI=1S/C7H13NO5S/c1-4-6(9)8-7(2,3)5-13-14(10,11)12/h4H,1,5H2,2-3H3,(H,8,9)(H,10,11,12). The molecule has 0 radical (unpaired) electrons. The molecular formula is C7H13NO5S. The summed E-state index contributed by atoms with van der Waals surface area (Å²) >= 11 is 0. The lowest BCUT2D eigenvalue weighted by Crippen LogP contribution is -2.46. The van der Waals surface area contributed by atoms with Crippen molar-refractivity contribution in [1.82, 2.24) is 5.32 Å². The Morgan fingerprint density at radius 2 is 2.14 bits per heavy atom. The third-order valence-corrected chi connectivity index (χ3v) is 1.63. The molecule has 1 amide bonds. The molecule has 0 aliphatic heterocycles. The lowest BCUT2D eigenvalue weighted by atomic mass is 10.1. The fraction of sp³-hybridized carbons (Fsp3) is 0.571. The molecule has 7 heteroatoms. The van der Waals surface area contributed by atoms with E-state index in [0.29, 0.717) is 0 Å². The summed E-state index contributed by atoms with van der Waals surface area (Å²) < 4.78 is 32.9. The third kappa shape index (κ3) is 6.58. The molecule has 0 atom stereocenters. The molecule has 0 aromatic heterocycles. The van der Waals surface area contributed by atoms with Gasteiger partial charge in [-0.1, -0.05) is 6.58 Å². The van der Waals surface area contributed by atoms with E-state index >= 15 is 0 Å². The maximum Gasteiger partial charge on any atom is 0.397 e. The molecule has 0 fully saturated rings. The van der Waals surface area contributed by atoms with Crippen molar-refractivity contribution >= 4 is 16.3 Å². The van der Waals surface area contributed by atoms with Gasteiger partial charge in [0.2, 0.25) is 5.91 Å². The summed E-state index contributed by atoms with van der Waals surface area (Å²) in [6, 6.07) is 0. The zero-order valence-corrected chi connectivity index (χ0v) is 8.80. The Bertz CT molecular complexity index is 319. The van der Waals surface area contributed by atoms with Gasteiger partial charge in [-0.25, -0.2) is 4.18 Å². The van der Waals surface area contributed by atoms with Gasteiger partial charge in [0.15, 0.2) is 0 Å². The van der Waals surface area contributed by atoms with Gasteiger partial charge in [-0.3, -0.25) is 9.35 Å². The maximum absolute atomic E-state index is 10.9. The summed E-state index contributed by atoms with van der Waals surface area (Å²) in [5, 5.41) is 2.42. The number of carbonyl (C=O) groups excluding carboxylic acids is 1. The lowest BCUT2D eigenvalue weighted by molar-refractivity contribution is -0.118. The maximum atomic E-state index is 10.9. The number of hydrogen-bond acceptors (Lipinski definition) is 4. The fourth-order valence-electron chi connectivity index (χ4n) is 0.642. The van der Waals surface area contributed by atoms with Crippen LogP contribution in [-0.2, 0) is 19.4 Å². The van der Waals surface area contributed by atoms with Gasteiger partial charge in [0.1, 0.15) is 0 Å². The first kappa shape index (κ1) is 13.1. The number of carbonyl (C=O) groups is 1. The van der Waals surface area contributed by atoms with Crippen LogP contribution in [0.4, 0.5) is 0 Å². The van der Waals surface area contributed by atoms with E-state index in [0.717, 1.165) is 6.08 Å². The molecule has 14 heavy (non-hydrogen) atoms. The van der Waals surface area contributed by atoms with E-state index in [9.17, 15) is 13.2 Å². The molecule has 0 aromatic carbocycles. The number of amides is 1. The van der Waals surface area contributed by atoms with Gasteiger partial charge in [0, 0.05) is 0 Å². The Morgan fingerprint density at radius 1 is 1.64 bits per heavy atom. The van der Waals surface area contributed by atoms with Gasteiger partial charge in [-0.05, 0) is 19.9 Å². The van der Waals surface area contributed by atoms with Crippen LogP contribution in [-0.4, -0.2) is 31.0 Å². The Balaban J connectivity index is 4.21. The first-order valence-electron chi connectivity index (χ1n) is 3.73. The molecule has 0 aliphatic carbocycles. The lowest BCUT2D eigenvalue weighted by Gasteiger charge is -2.24. The molecule has 2 N–H and O–H groups in total. The minimum Gasteiger partial charge on any atom is -0.345 e. The van der Waals surface area contributed by atoms with Gasteiger partial charge in [0.25, 0.3) is 0 Å². The van der Waals surface area contributed by atoms with E-state index in [1.165, 1.54) is 0 Å². The number of nitrogens with one attached hydrogen (secondary N) is 1. The van der Waals surface area contributed by atoms with Gasteiger partial charge < -0.3 is 5.32 Å². The van der Waals surface area contributed by atoms with Crippen molar-refractivity contribution in [2.75, 3.05) is 6.61 Å². The van der Waals surface area contributed by atoms with E-state index < -0.39 is 21.8 Å². The van der Waals surface area contributed by atoms with E-state index in [2.05, 4.69) is 16.1 Å². The SMILES string of the molecule is C=CC(=O)NC(C)(C)COS(=O)(=O)O. The minimum absolute atomic E-state index is 0.356. The predicted molar refractivity (Wildman–Crippen MR) is 49.9 cm³/mol. The Hall–Kier alpha value is -0.920. The smallest absolute Gasteiger partial charge is 0.345 e. The Morgan fingerprint density at radius 3 is 2.50 bits per heavy atom. The van der Waals surface area contributed by atoms with E-state index in [-0.39, 0.29) is 6.61 Å². The Labute approximate surface area is 82.9 Å². The first-order valence-corrected chi connectivity index (χ1v) is 5.09. The summed E-state index contributed by atoms with van der Waals surface area (Å²) in [6.45, 7) is 5.96. The summed E-state index contributed by atoms with van der Waals surface area (Å²) in [4.78, 5) is 10.9. The molecule has 82 valence electrons. The molecule has 0 spiro atoms. The van der Waals surface area contributed by atoms with Crippen molar-refractivity contribution in [1.29, 1.82) is 0 Å². The highest BCUT2D eigenvalue weighted by Crippen LogP contribution is 2.04. The topological polar surface area (TPSA) is 92.7 Å². The predicted octanol–water partition coefficient (Wildman–Crippen LogP) is -0.113. The second-order valence-electron chi connectivity index (χ2n) is 3.27. The van der Waals surface area contributed by atoms with Crippen LogP contribution in [0.5, 0.6) is 0 Å². The van der Waals surface area contributed by atoms with Crippen molar-refractivity contribution in [3.05, 3.63) is 12.7 Å². The zero-order chi connectivity index (χ0) is 11.4. The van der Waals surface area contributed by atoms with Crippen molar-refractivity contribution in [2.45, 2.75) is 19.4 Å². The van der Waals surface area contributed by atoms with Crippen molar-refractivity contribution in [3.63, 3.8) is 0 Å². The summed E-state index contributed by atoms with van der Waals surface area (Å²) in [5.41, 5.74) is -0.902. The van der Waals surface area contributed by atoms with Crippen molar-refractivity contribution < 1.29 is 21.9 Å². The van der Waals surface area contributed by atoms with Gasteiger partial charge in [-0.15, -0.1) is 0 Å².